The highest BCUT2D eigenvalue weighted by atomic mass is 16.2. The van der Waals surface area contributed by atoms with E-state index in [-0.39, 0.29) is 6.03 Å². The molecule has 142 valence electrons. The molecule has 0 radical (unpaired) electrons. The van der Waals surface area contributed by atoms with Gasteiger partial charge in [0.15, 0.2) is 5.82 Å². The summed E-state index contributed by atoms with van der Waals surface area (Å²) in [6, 6.07) is 15.7. The van der Waals surface area contributed by atoms with E-state index < -0.39 is 0 Å². The van der Waals surface area contributed by atoms with Crippen LogP contribution in [-0.4, -0.2) is 37.8 Å². The van der Waals surface area contributed by atoms with E-state index in [2.05, 4.69) is 43.3 Å². The molecule has 8 nitrogen and oxygen atoms in total. The van der Waals surface area contributed by atoms with E-state index in [0.717, 1.165) is 34.1 Å². The smallest absolute Gasteiger partial charge is 0.320 e. The Labute approximate surface area is 162 Å². The zero-order chi connectivity index (χ0) is 19.3. The van der Waals surface area contributed by atoms with Crippen molar-refractivity contribution >= 4 is 22.8 Å². The molecule has 0 atom stereocenters. The first-order valence-corrected chi connectivity index (χ1v) is 9.20. The van der Waals surface area contributed by atoms with E-state index >= 15 is 0 Å². The third-order valence-electron chi connectivity index (χ3n) is 4.35. The Morgan fingerprint density at radius 1 is 1.18 bits per heavy atom. The van der Waals surface area contributed by atoms with Crippen molar-refractivity contribution in [1.82, 2.24) is 30.5 Å². The lowest BCUT2D eigenvalue weighted by molar-refractivity contribution is 0.252. The number of carbonyl (C=O) groups excluding carboxylic acids is 1. The lowest BCUT2D eigenvalue weighted by atomic mass is 10.1. The van der Waals surface area contributed by atoms with Crippen LogP contribution in [0.4, 0.5) is 10.6 Å². The Kier molecular flexibility index (Phi) is 5.01. The Bertz CT molecular complexity index is 1080. The molecule has 28 heavy (non-hydrogen) atoms. The molecule has 0 bridgehead atoms. The van der Waals surface area contributed by atoms with E-state index in [4.69, 9.17) is 0 Å². The summed E-state index contributed by atoms with van der Waals surface area (Å²) in [4.78, 5) is 11.9. The van der Waals surface area contributed by atoms with Crippen LogP contribution in [0.2, 0.25) is 0 Å². The molecule has 0 saturated carbocycles. The molecule has 8 heteroatoms. The van der Waals surface area contributed by atoms with Crippen LogP contribution >= 0.6 is 0 Å². The van der Waals surface area contributed by atoms with Gasteiger partial charge in [-0.05, 0) is 24.1 Å². The molecule has 2 amide bonds. The van der Waals surface area contributed by atoms with E-state index in [9.17, 15) is 4.79 Å². The largest absolute Gasteiger partial charge is 0.338 e. The van der Waals surface area contributed by atoms with Gasteiger partial charge in [0.25, 0.3) is 0 Å². The number of amides is 2. The minimum absolute atomic E-state index is 0.269. The zero-order valence-corrected chi connectivity index (χ0v) is 15.5. The number of nitrogens with zero attached hydrogens (tertiary/aromatic N) is 4. The Hall–Kier alpha value is -3.68. The fourth-order valence-electron chi connectivity index (χ4n) is 2.94. The van der Waals surface area contributed by atoms with Crippen LogP contribution < -0.4 is 10.6 Å². The molecule has 0 aliphatic carbocycles. The van der Waals surface area contributed by atoms with Crippen LogP contribution in [0.25, 0.3) is 22.2 Å². The first-order valence-electron chi connectivity index (χ1n) is 9.20. The second kappa shape index (κ2) is 7.91. The first kappa shape index (κ1) is 17.7. The highest BCUT2D eigenvalue weighted by molar-refractivity contribution is 6.00. The minimum atomic E-state index is -0.269. The molecule has 0 fully saturated rings. The number of benzene rings is 2. The number of carbonyl (C=O) groups is 1. The molecule has 3 N–H and O–H groups in total. The molecule has 0 saturated heterocycles. The molecule has 2 heterocycles. The van der Waals surface area contributed by atoms with Crippen LogP contribution in [0.5, 0.6) is 0 Å². The highest BCUT2D eigenvalue weighted by Gasteiger charge is 2.12. The van der Waals surface area contributed by atoms with Gasteiger partial charge < -0.3 is 5.32 Å². The second-order valence-electron chi connectivity index (χ2n) is 6.50. The predicted molar refractivity (Wildman–Crippen MR) is 108 cm³/mol. The summed E-state index contributed by atoms with van der Waals surface area (Å²) < 4.78 is 1.81. The summed E-state index contributed by atoms with van der Waals surface area (Å²) in [5.41, 5.74) is 3.67. The Morgan fingerprint density at radius 3 is 2.86 bits per heavy atom. The molecule has 4 aromatic rings. The van der Waals surface area contributed by atoms with Crippen molar-refractivity contribution in [2.24, 2.45) is 0 Å². The first-order chi connectivity index (χ1) is 13.7. The Morgan fingerprint density at radius 2 is 2.04 bits per heavy atom. The molecule has 4 rings (SSSR count). The van der Waals surface area contributed by atoms with Gasteiger partial charge in [0.05, 0.1) is 18.3 Å². The van der Waals surface area contributed by atoms with Crippen LogP contribution in [0.1, 0.15) is 18.9 Å². The van der Waals surface area contributed by atoms with Gasteiger partial charge in [-0.15, -0.1) is 5.10 Å². The number of nitrogens with one attached hydrogen (secondary N) is 3. The number of H-pyrrole nitrogens is 1. The quantitative estimate of drug-likeness (QED) is 0.481. The Balaban J connectivity index is 1.56. The van der Waals surface area contributed by atoms with Crippen molar-refractivity contribution < 1.29 is 4.79 Å². The number of hydrogen-bond donors (Lipinski definition) is 3. The standard InChI is InChI=1S/C20H21N7O/c1-2-10-21-20(28)22-19-16-11-15(8-9-17(16)23-25-19)18-13-27(26-24-18)12-14-6-4-3-5-7-14/h3-9,11,13H,2,10,12H2,1H3,(H3,21,22,23,25,28). The maximum Gasteiger partial charge on any atom is 0.320 e. The lowest BCUT2D eigenvalue weighted by Crippen LogP contribution is -2.29. The fourth-order valence-corrected chi connectivity index (χ4v) is 2.94. The maximum atomic E-state index is 11.9. The van der Waals surface area contributed by atoms with Gasteiger partial charge in [-0.25, -0.2) is 9.48 Å². The molecule has 2 aromatic carbocycles. The third-order valence-corrected chi connectivity index (χ3v) is 4.35. The molecule has 0 aliphatic heterocycles. The average molecular weight is 375 g/mol. The number of rotatable bonds is 6. The van der Waals surface area contributed by atoms with Crippen molar-refractivity contribution in [1.29, 1.82) is 0 Å². The summed E-state index contributed by atoms with van der Waals surface area (Å²) in [5, 5.41) is 22.0. The molecule has 0 unspecified atom stereocenters. The average Bonchev–Trinajstić information content (AvgIpc) is 3.34. The number of urea groups is 1. The van der Waals surface area contributed by atoms with Crippen molar-refractivity contribution in [3.8, 4) is 11.3 Å². The van der Waals surface area contributed by atoms with E-state index in [1.54, 1.807) is 0 Å². The van der Waals surface area contributed by atoms with Gasteiger partial charge in [-0.3, -0.25) is 10.4 Å². The minimum Gasteiger partial charge on any atom is -0.338 e. The summed E-state index contributed by atoms with van der Waals surface area (Å²) in [6.45, 7) is 3.28. The van der Waals surface area contributed by atoms with Gasteiger partial charge in [0.2, 0.25) is 0 Å². The van der Waals surface area contributed by atoms with Crippen LogP contribution in [-0.2, 0) is 6.54 Å². The lowest BCUT2D eigenvalue weighted by Gasteiger charge is -2.04. The summed E-state index contributed by atoms with van der Waals surface area (Å²) in [7, 11) is 0. The fraction of sp³-hybridized carbons (Fsp3) is 0.200. The van der Waals surface area contributed by atoms with Crippen molar-refractivity contribution in [3.63, 3.8) is 0 Å². The van der Waals surface area contributed by atoms with Gasteiger partial charge in [0.1, 0.15) is 5.69 Å². The normalized spacial score (nSPS) is 10.9. The highest BCUT2D eigenvalue weighted by Crippen LogP contribution is 2.26. The van der Waals surface area contributed by atoms with E-state index in [1.165, 1.54) is 0 Å². The van der Waals surface area contributed by atoms with Crippen LogP contribution in [0, 0.1) is 0 Å². The molecular formula is C20H21N7O. The van der Waals surface area contributed by atoms with Gasteiger partial charge in [-0.2, -0.15) is 5.10 Å². The molecule has 0 aliphatic rings. The number of fused-ring (bicyclic) bond motifs is 1. The van der Waals surface area contributed by atoms with E-state index in [1.807, 2.05) is 54.2 Å². The molecule has 0 spiro atoms. The molecule has 2 aromatic heterocycles. The van der Waals surface area contributed by atoms with Crippen LogP contribution in [0.3, 0.4) is 0 Å². The monoisotopic (exact) mass is 375 g/mol. The van der Waals surface area contributed by atoms with Crippen molar-refractivity contribution in [2.75, 3.05) is 11.9 Å². The topological polar surface area (TPSA) is 101 Å². The summed E-state index contributed by atoms with van der Waals surface area (Å²) >= 11 is 0. The maximum absolute atomic E-state index is 11.9. The van der Waals surface area contributed by atoms with Crippen LogP contribution in [0.15, 0.2) is 54.7 Å². The van der Waals surface area contributed by atoms with Crippen molar-refractivity contribution in [2.45, 2.75) is 19.9 Å². The van der Waals surface area contributed by atoms with Gasteiger partial charge >= 0.3 is 6.03 Å². The van der Waals surface area contributed by atoms with Gasteiger partial charge in [-0.1, -0.05) is 48.5 Å². The number of aromatic nitrogens is 5. The SMILES string of the molecule is CCCNC(=O)Nc1n[nH]c2ccc(-c3cn(Cc4ccccc4)nn3)cc12. The van der Waals surface area contributed by atoms with E-state index in [0.29, 0.717) is 18.9 Å². The number of aromatic amines is 1. The second-order valence-corrected chi connectivity index (χ2v) is 6.50. The zero-order valence-electron chi connectivity index (χ0n) is 15.5. The third kappa shape index (κ3) is 3.85. The van der Waals surface area contributed by atoms with Crippen molar-refractivity contribution in [3.05, 3.63) is 60.3 Å². The number of anilines is 1. The summed E-state index contributed by atoms with van der Waals surface area (Å²) in [5.74, 6) is 0.488. The summed E-state index contributed by atoms with van der Waals surface area (Å²) in [6.07, 6.45) is 2.78. The number of hydrogen-bond acceptors (Lipinski definition) is 4. The molecular weight excluding hydrogens is 354 g/mol. The predicted octanol–water partition coefficient (Wildman–Crippen LogP) is 3.40. The van der Waals surface area contributed by atoms with Gasteiger partial charge in [0, 0.05) is 17.5 Å².